The molecule has 0 saturated carbocycles. The van der Waals surface area contributed by atoms with Crippen molar-refractivity contribution < 1.29 is 23.1 Å². The van der Waals surface area contributed by atoms with Gasteiger partial charge in [0, 0.05) is 0 Å². The maximum Gasteiger partial charge on any atom is 0.417 e. The van der Waals surface area contributed by atoms with Crippen molar-refractivity contribution in [3.63, 3.8) is 0 Å². The summed E-state index contributed by atoms with van der Waals surface area (Å²) in [5.41, 5.74) is 0.911. The molecule has 0 heterocycles. The second kappa shape index (κ2) is 5.26. The van der Waals surface area contributed by atoms with Crippen molar-refractivity contribution in [2.75, 3.05) is 5.43 Å². The van der Waals surface area contributed by atoms with Crippen LogP contribution in [0.15, 0.2) is 23.3 Å². The highest BCUT2D eigenvalue weighted by Crippen LogP contribution is 2.36. The fraction of sp³-hybridized carbons (Fsp3) is 0.200. The van der Waals surface area contributed by atoms with E-state index in [9.17, 15) is 18.0 Å². The number of rotatable bonds is 3. The van der Waals surface area contributed by atoms with Gasteiger partial charge >= 0.3 is 12.1 Å². The molecular formula is C10H8ClF3N2O2. The molecule has 8 heteroatoms. The number of anilines is 1. The molecule has 0 atom stereocenters. The highest BCUT2D eigenvalue weighted by molar-refractivity contribution is 6.34. The van der Waals surface area contributed by atoms with E-state index in [0.717, 1.165) is 12.1 Å². The van der Waals surface area contributed by atoms with E-state index in [2.05, 4.69) is 10.5 Å². The first-order valence-electron chi connectivity index (χ1n) is 4.62. The molecular weight excluding hydrogens is 273 g/mol. The van der Waals surface area contributed by atoms with E-state index in [1.165, 1.54) is 13.0 Å². The van der Waals surface area contributed by atoms with E-state index in [1.54, 1.807) is 0 Å². The number of hydrogen-bond donors (Lipinski definition) is 2. The third-order valence-corrected chi connectivity index (χ3v) is 2.26. The Balaban J connectivity index is 3.00. The number of nitrogens with one attached hydrogen (secondary N) is 1. The average Bonchev–Trinajstić information content (AvgIpc) is 2.25. The Labute approximate surface area is 105 Å². The lowest BCUT2D eigenvalue weighted by atomic mass is 10.2. The quantitative estimate of drug-likeness (QED) is 0.660. The predicted octanol–water partition coefficient (Wildman–Crippen LogP) is 3.23. The van der Waals surface area contributed by atoms with Crippen LogP contribution in [0.4, 0.5) is 18.9 Å². The lowest BCUT2D eigenvalue weighted by molar-refractivity contribution is -0.137. The molecule has 0 fully saturated rings. The molecule has 18 heavy (non-hydrogen) atoms. The number of carboxylic acids is 1. The molecule has 0 amide bonds. The van der Waals surface area contributed by atoms with Gasteiger partial charge in [-0.15, -0.1) is 0 Å². The average molecular weight is 281 g/mol. The third-order valence-electron chi connectivity index (χ3n) is 1.93. The van der Waals surface area contributed by atoms with Gasteiger partial charge in [0.15, 0.2) is 0 Å². The van der Waals surface area contributed by atoms with Crippen molar-refractivity contribution in [2.45, 2.75) is 13.1 Å². The first-order chi connectivity index (χ1) is 8.21. The van der Waals surface area contributed by atoms with Crippen molar-refractivity contribution in [1.29, 1.82) is 0 Å². The smallest absolute Gasteiger partial charge is 0.417 e. The van der Waals surface area contributed by atoms with Crippen LogP contribution in [0.2, 0.25) is 5.02 Å². The normalized spacial score (nSPS) is 12.4. The van der Waals surface area contributed by atoms with Crippen LogP contribution >= 0.6 is 11.6 Å². The van der Waals surface area contributed by atoms with Crippen molar-refractivity contribution in [3.8, 4) is 0 Å². The molecule has 0 aliphatic heterocycles. The molecule has 0 aromatic heterocycles. The summed E-state index contributed by atoms with van der Waals surface area (Å²) in [5, 5.41) is 11.5. The highest BCUT2D eigenvalue weighted by atomic mass is 35.5. The number of nitrogens with zero attached hydrogens (tertiary/aromatic N) is 1. The second-order valence-electron chi connectivity index (χ2n) is 3.31. The number of carboxylic acid groups (broad SMARTS) is 1. The summed E-state index contributed by atoms with van der Waals surface area (Å²) in [7, 11) is 0. The molecule has 1 rings (SSSR count). The number of benzene rings is 1. The third kappa shape index (κ3) is 3.63. The van der Waals surface area contributed by atoms with Crippen LogP contribution < -0.4 is 5.43 Å². The molecule has 0 aliphatic rings. The molecule has 0 spiro atoms. The maximum atomic E-state index is 12.5. The lowest BCUT2D eigenvalue weighted by Crippen LogP contribution is -2.11. The predicted molar refractivity (Wildman–Crippen MR) is 60.8 cm³/mol. The van der Waals surface area contributed by atoms with Crippen molar-refractivity contribution in [1.82, 2.24) is 0 Å². The van der Waals surface area contributed by atoms with Gasteiger partial charge in [-0.25, -0.2) is 4.79 Å². The van der Waals surface area contributed by atoms with Crippen LogP contribution in [-0.2, 0) is 11.0 Å². The van der Waals surface area contributed by atoms with Gasteiger partial charge in [0.2, 0.25) is 0 Å². The Morgan fingerprint density at radius 2 is 2.06 bits per heavy atom. The van der Waals surface area contributed by atoms with Gasteiger partial charge < -0.3 is 5.11 Å². The van der Waals surface area contributed by atoms with Crippen LogP contribution in [0.25, 0.3) is 0 Å². The monoisotopic (exact) mass is 280 g/mol. The van der Waals surface area contributed by atoms with Crippen molar-refractivity contribution >= 4 is 29.0 Å². The highest BCUT2D eigenvalue weighted by Gasteiger charge is 2.33. The van der Waals surface area contributed by atoms with Crippen LogP contribution in [0.1, 0.15) is 12.5 Å². The molecule has 0 unspecified atom stereocenters. The summed E-state index contributed by atoms with van der Waals surface area (Å²) in [4.78, 5) is 10.4. The zero-order chi connectivity index (χ0) is 13.9. The molecule has 0 bridgehead atoms. The lowest BCUT2D eigenvalue weighted by Gasteiger charge is -2.10. The minimum atomic E-state index is -4.58. The molecule has 98 valence electrons. The van der Waals surface area contributed by atoms with E-state index in [4.69, 9.17) is 16.7 Å². The van der Waals surface area contributed by atoms with Gasteiger partial charge in [0.05, 0.1) is 16.3 Å². The minimum Gasteiger partial charge on any atom is -0.477 e. The van der Waals surface area contributed by atoms with Gasteiger partial charge in [0.25, 0.3) is 0 Å². The summed E-state index contributed by atoms with van der Waals surface area (Å²) < 4.78 is 37.5. The molecule has 0 radical (unpaired) electrons. The number of aliphatic carboxylic acids is 1. The summed E-state index contributed by atoms with van der Waals surface area (Å²) in [5.74, 6) is -1.27. The van der Waals surface area contributed by atoms with Gasteiger partial charge in [-0.05, 0) is 25.1 Å². The largest absolute Gasteiger partial charge is 0.477 e. The Morgan fingerprint density at radius 3 is 2.56 bits per heavy atom. The molecule has 0 saturated heterocycles. The molecule has 4 nitrogen and oxygen atoms in total. The van der Waals surface area contributed by atoms with E-state index in [-0.39, 0.29) is 11.4 Å². The fourth-order valence-electron chi connectivity index (χ4n) is 1.01. The number of hydrazone groups is 1. The molecule has 1 aromatic rings. The van der Waals surface area contributed by atoms with Crippen LogP contribution in [-0.4, -0.2) is 16.8 Å². The van der Waals surface area contributed by atoms with E-state index < -0.39 is 22.7 Å². The van der Waals surface area contributed by atoms with Gasteiger partial charge in [-0.2, -0.15) is 18.3 Å². The fourth-order valence-corrected chi connectivity index (χ4v) is 1.23. The van der Waals surface area contributed by atoms with Gasteiger partial charge in [-0.3, -0.25) is 5.43 Å². The summed E-state index contributed by atoms with van der Waals surface area (Å²) >= 11 is 5.42. The Kier molecular flexibility index (Phi) is 4.18. The summed E-state index contributed by atoms with van der Waals surface area (Å²) in [6.45, 7) is 1.20. The van der Waals surface area contributed by atoms with Crippen LogP contribution in [0.5, 0.6) is 0 Å². The zero-order valence-corrected chi connectivity index (χ0v) is 9.80. The zero-order valence-electron chi connectivity index (χ0n) is 9.05. The number of carbonyl (C=O) groups is 1. The van der Waals surface area contributed by atoms with Crippen LogP contribution in [0.3, 0.4) is 0 Å². The Morgan fingerprint density at radius 1 is 1.44 bits per heavy atom. The Bertz CT molecular complexity index is 500. The van der Waals surface area contributed by atoms with Crippen molar-refractivity contribution in [2.24, 2.45) is 5.10 Å². The second-order valence-corrected chi connectivity index (χ2v) is 3.71. The van der Waals surface area contributed by atoms with E-state index in [1.807, 2.05) is 0 Å². The summed E-state index contributed by atoms with van der Waals surface area (Å²) in [6, 6.07) is 3.06. The van der Waals surface area contributed by atoms with Crippen molar-refractivity contribution in [3.05, 3.63) is 28.8 Å². The standard InChI is InChI=1S/C10H8ClF3N2O2/c1-5(9(17)18)15-16-6-2-3-8(11)7(4-6)10(12,13)14/h2-4,16H,1H3,(H,17,18)/b15-5+. The number of halogens is 4. The minimum absolute atomic E-state index is 0.00711. The first-order valence-corrected chi connectivity index (χ1v) is 5.00. The SMILES string of the molecule is C/C(=N\Nc1ccc(Cl)c(C(F)(F)F)c1)C(=O)O. The topological polar surface area (TPSA) is 61.7 Å². The Hall–Kier alpha value is -1.76. The summed E-state index contributed by atoms with van der Waals surface area (Å²) in [6.07, 6.45) is -4.58. The molecule has 1 aromatic carbocycles. The maximum absolute atomic E-state index is 12.5. The van der Waals surface area contributed by atoms with Crippen LogP contribution in [0, 0.1) is 0 Å². The molecule has 2 N–H and O–H groups in total. The molecule has 0 aliphatic carbocycles. The first kappa shape index (κ1) is 14.3. The van der Waals surface area contributed by atoms with E-state index >= 15 is 0 Å². The van der Waals surface area contributed by atoms with Gasteiger partial charge in [-0.1, -0.05) is 11.6 Å². The number of alkyl halides is 3. The van der Waals surface area contributed by atoms with Gasteiger partial charge in [0.1, 0.15) is 5.71 Å². The number of hydrogen-bond acceptors (Lipinski definition) is 3. The van der Waals surface area contributed by atoms with E-state index in [0.29, 0.717) is 0 Å².